The molecular weight excluding hydrogens is 488 g/mol. The zero-order valence-corrected chi connectivity index (χ0v) is 22.1. The zero-order valence-electron chi connectivity index (χ0n) is 21.3. The number of aryl methyl sites for hydroxylation is 2. The highest BCUT2D eigenvalue weighted by Crippen LogP contribution is 2.31. The average Bonchev–Trinajstić information content (AvgIpc) is 3.57. The van der Waals surface area contributed by atoms with E-state index in [9.17, 15) is 9.59 Å². The largest absolute Gasteiger partial charge is 0.337 e. The Bertz CT molecular complexity index is 1410. The van der Waals surface area contributed by atoms with Crippen molar-refractivity contribution in [3.8, 4) is 0 Å². The number of aromatic nitrogens is 6. The fourth-order valence-corrected chi connectivity index (χ4v) is 5.65. The molecule has 1 fully saturated rings. The molecule has 0 radical (unpaired) electrons. The number of pyridine rings is 1. The van der Waals surface area contributed by atoms with E-state index in [0.717, 1.165) is 29.2 Å². The van der Waals surface area contributed by atoms with Crippen molar-refractivity contribution in [2.24, 2.45) is 0 Å². The predicted octanol–water partition coefficient (Wildman–Crippen LogP) is 3.32. The van der Waals surface area contributed by atoms with Crippen molar-refractivity contribution >= 4 is 28.8 Å². The molecule has 0 saturated carbocycles. The predicted molar refractivity (Wildman–Crippen MR) is 140 cm³/mol. The van der Waals surface area contributed by atoms with Crippen molar-refractivity contribution in [3.63, 3.8) is 0 Å². The molecule has 2 amide bonds. The number of fused-ring (bicyclic) bond motifs is 1. The van der Waals surface area contributed by atoms with Gasteiger partial charge in [-0.2, -0.15) is 5.10 Å². The first-order chi connectivity index (χ1) is 17.9. The van der Waals surface area contributed by atoms with Gasteiger partial charge < -0.3 is 9.80 Å². The topological polar surface area (TPSA) is 109 Å². The minimum Gasteiger partial charge on any atom is -0.337 e. The van der Waals surface area contributed by atoms with Crippen LogP contribution >= 0.6 is 11.3 Å². The minimum absolute atomic E-state index is 0.0492. The van der Waals surface area contributed by atoms with Crippen molar-refractivity contribution < 1.29 is 9.59 Å². The molecule has 0 unspecified atom stereocenters. The number of hydrogen-bond acceptors (Lipinski definition) is 8. The molecule has 11 heteroatoms. The number of carbonyl (C=O) groups excluding carboxylic acids is 2. The normalized spacial score (nSPS) is 14.3. The van der Waals surface area contributed by atoms with Gasteiger partial charge in [-0.05, 0) is 45.7 Å². The van der Waals surface area contributed by atoms with Crippen LogP contribution < -0.4 is 0 Å². The Labute approximate surface area is 219 Å². The molecular formula is C26H30N8O2S. The van der Waals surface area contributed by atoms with Gasteiger partial charge >= 0.3 is 0 Å². The lowest BCUT2D eigenvalue weighted by Gasteiger charge is -2.31. The average molecular weight is 519 g/mol. The van der Waals surface area contributed by atoms with Crippen molar-refractivity contribution in [2.45, 2.75) is 46.0 Å². The maximum absolute atomic E-state index is 13.2. The monoisotopic (exact) mass is 518 g/mol. The SMILES string of the molecule is CCN(CCc1ccccn1)C(=O)c1csc(C2CCN(C(=O)c3nnc4cc(C)nn4c3C)CC2)n1. The fourth-order valence-electron chi connectivity index (χ4n) is 4.69. The van der Waals surface area contributed by atoms with Crippen LogP contribution in [0.2, 0.25) is 0 Å². The number of hydrogen-bond donors (Lipinski definition) is 0. The van der Waals surface area contributed by atoms with E-state index >= 15 is 0 Å². The number of carbonyl (C=O) groups is 2. The maximum atomic E-state index is 13.2. The summed E-state index contributed by atoms with van der Waals surface area (Å²) in [5.41, 5.74) is 3.96. The number of amides is 2. The van der Waals surface area contributed by atoms with Crippen LogP contribution in [0.1, 0.15) is 68.7 Å². The molecule has 5 heterocycles. The van der Waals surface area contributed by atoms with Crippen LogP contribution in [0.15, 0.2) is 35.8 Å². The smallest absolute Gasteiger partial charge is 0.276 e. The quantitative estimate of drug-likeness (QED) is 0.369. The molecule has 0 aliphatic carbocycles. The summed E-state index contributed by atoms with van der Waals surface area (Å²) < 4.78 is 1.67. The van der Waals surface area contributed by atoms with E-state index in [1.807, 2.05) is 60.2 Å². The molecule has 37 heavy (non-hydrogen) atoms. The first-order valence-electron chi connectivity index (χ1n) is 12.6. The van der Waals surface area contributed by atoms with Crippen molar-refractivity contribution in [2.75, 3.05) is 26.2 Å². The van der Waals surface area contributed by atoms with Gasteiger partial charge in [0, 0.05) is 61.9 Å². The summed E-state index contributed by atoms with van der Waals surface area (Å²) in [7, 11) is 0. The van der Waals surface area contributed by atoms with Crippen LogP contribution in [-0.2, 0) is 6.42 Å². The summed E-state index contributed by atoms with van der Waals surface area (Å²) in [4.78, 5) is 39.0. The summed E-state index contributed by atoms with van der Waals surface area (Å²) in [6.07, 6.45) is 4.06. The Morgan fingerprint density at radius 3 is 2.70 bits per heavy atom. The lowest BCUT2D eigenvalue weighted by atomic mass is 9.97. The van der Waals surface area contributed by atoms with E-state index < -0.39 is 0 Å². The standard InChI is InChI=1S/C26H30N8O2S/c1-4-32(14-10-20-7-5-6-11-27-20)25(35)21-16-37-24(28-21)19-8-12-33(13-9-19)26(36)23-18(3)34-22(29-30-23)15-17(2)31-34/h5-7,11,15-16,19H,4,8-10,12-14H2,1-3H3. The molecule has 4 aromatic rings. The summed E-state index contributed by atoms with van der Waals surface area (Å²) in [5, 5.41) is 15.6. The summed E-state index contributed by atoms with van der Waals surface area (Å²) in [5.74, 6) is 0.0504. The van der Waals surface area contributed by atoms with Crippen LogP contribution in [0, 0.1) is 13.8 Å². The molecule has 1 aliphatic rings. The third kappa shape index (κ3) is 5.22. The highest BCUT2D eigenvalue weighted by Gasteiger charge is 2.29. The highest BCUT2D eigenvalue weighted by molar-refractivity contribution is 7.09. The molecule has 0 aromatic carbocycles. The first kappa shape index (κ1) is 24.9. The van der Waals surface area contributed by atoms with E-state index in [-0.39, 0.29) is 17.7 Å². The van der Waals surface area contributed by atoms with Gasteiger partial charge in [0.2, 0.25) is 0 Å². The van der Waals surface area contributed by atoms with Gasteiger partial charge in [0.15, 0.2) is 11.3 Å². The number of thiazole rings is 1. The van der Waals surface area contributed by atoms with E-state index in [1.54, 1.807) is 10.7 Å². The van der Waals surface area contributed by atoms with Gasteiger partial charge in [-0.15, -0.1) is 21.5 Å². The van der Waals surface area contributed by atoms with Gasteiger partial charge in [0.1, 0.15) is 5.69 Å². The van der Waals surface area contributed by atoms with Crippen molar-refractivity contribution in [1.82, 2.24) is 39.6 Å². The van der Waals surface area contributed by atoms with Gasteiger partial charge in [-0.1, -0.05) is 6.07 Å². The molecule has 0 N–H and O–H groups in total. The molecule has 0 spiro atoms. The van der Waals surface area contributed by atoms with E-state index in [1.165, 1.54) is 11.3 Å². The third-order valence-electron chi connectivity index (χ3n) is 6.83. The van der Waals surface area contributed by atoms with E-state index in [2.05, 4.69) is 20.3 Å². The van der Waals surface area contributed by atoms with Gasteiger partial charge in [0.25, 0.3) is 11.8 Å². The Balaban J connectivity index is 1.19. The zero-order chi connectivity index (χ0) is 25.9. The molecule has 1 saturated heterocycles. The van der Waals surface area contributed by atoms with Gasteiger partial charge in [-0.25, -0.2) is 9.50 Å². The Morgan fingerprint density at radius 1 is 1.16 bits per heavy atom. The second-order valence-corrected chi connectivity index (χ2v) is 10.2. The van der Waals surface area contributed by atoms with E-state index in [4.69, 9.17) is 4.98 Å². The van der Waals surface area contributed by atoms with Crippen LogP contribution in [0.5, 0.6) is 0 Å². The second-order valence-electron chi connectivity index (χ2n) is 9.28. The van der Waals surface area contributed by atoms with E-state index in [0.29, 0.717) is 55.3 Å². The molecule has 10 nitrogen and oxygen atoms in total. The Kier molecular flexibility index (Phi) is 7.22. The molecule has 5 rings (SSSR count). The molecule has 0 bridgehead atoms. The number of nitrogens with zero attached hydrogens (tertiary/aromatic N) is 8. The lowest BCUT2D eigenvalue weighted by Crippen LogP contribution is -2.39. The molecule has 1 aliphatic heterocycles. The van der Waals surface area contributed by atoms with Crippen LogP contribution in [-0.4, -0.2) is 77.6 Å². The minimum atomic E-state index is -0.125. The fraction of sp³-hybridized carbons (Fsp3) is 0.423. The summed E-state index contributed by atoms with van der Waals surface area (Å²) in [6.45, 7) is 8.15. The first-order valence-corrected chi connectivity index (χ1v) is 13.5. The number of likely N-dealkylation sites (tertiary alicyclic amines) is 1. The number of rotatable bonds is 7. The number of likely N-dealkylation sites (N-methyl/N-ethyl adjacent to an activating group) is 1. The highest BCUT2D eigenvalue weighted by atomic mass is 32.1. The number of piperidine rings is 1. The lowest BCUT2D eigenvalue weighted by molar-refractivity contribution is 0.0704. The van der Waals surface area contributed by atoms with Gasteiger partial charge in [-0.3, -0.25) is 14.6 Å². The van der Waals surface area contributed by atoms with Gasteiger partial charge in [0.05, 0.1) is 16.4 Å². The summed E-state index contributed by atoms with van der Waals surface area (Å²) >= 11 is 1.53. The Morgan fingerprint density at radius 2 is 1.97 bits per heavy atom. The van der Waals surface area contributed by atoms with Crippen LogP contribution in [0.25, 0.3) is 5.65 Å². The third-order valence-corrected chi connectivity index (χ3v) is 7.84. The second kappa shape index (κ2) is 10.7. The molecule has 4 aromatic heterocycles. The maximum Gasteiger partial charge on any atom is 0.276 e. The Hall–Kier alpha value is -3.73. The summed E-state index contributed by atoms with van der Waals surface area (Å²) in [6, 6.07) is 7.66. The van der Waals surface area contributed by atoms with Crippen LogP contribution in [0.3, 0.4) is 0 Å². The molecule has 192 valence electrons. The van der Waals surface area contributed by atoms with Crippen molar-refractivity contribution in [1.29, 1.82) is 0 Å². The van der Waals surface area contributed by atoms with Crippen molar-refractivity contribution in [3.05, 3.63) is 69.3 Å². The van der Waals surface area contributed by atoms with Crippen LogP contribution in [0.4, 0.5) is 0 Å². The molecule has 0 atom stereocenters.